The minimum atomic E-state index is -0.953. The van der Waals surface area contributed by atoms with E-state index in [1.54, 1.807) is 12.1 Å². The number of hydrogen-bond acceptors (Lipinski definition) is 2. The number of aromatic nitrogens is 1. The second kappa shape index (κ2) is 6.53. The zero-order valence-corrected chi connectivity index (χ0v) is 16.4. The smallest absolute Gasteiger partial charge is 0.132 e. The molecule has 0 saturated heterocycles. The van der Waals surface area contributed by atoms with Crippen LogP contribution in [0.1, 0.15) is 39.9 Å². The molecular weight excluding hydrogens is 356 g/mol. The van der Waals surface area contributed by atoms with Gasteiger partial charge in [-0.3, -0.25) is 0 Å². The van der Waals surface area contributed by atoms with Gasteiger partial charge < -0.3 is 10.1 Å². The molecule has 0 saturated carbocycles. The molecule has 3 heteroatoms. The first-order valence-electron chi connectivity index (χ1n) is 10.0. The summed E-state index contributed by atoms with van der Waals surface area (Å²) in [6.07, 6.45) is 3.42. The maximum Gasteiger partial charge on any atom is 0.132 e. The van der Waals surface area contributed by atoms with Crippen LogP contribution < -0.4 is 0 Å². The van der Waals surface area contributed by atoms with Gasteiger partial charge >= 0.3 is 0 Å². The van der Waals surface area contributed by atoms with Gasteiger partial charge in [0.25, 0.3) is 0 Å². The van der Waals surface area contributed by atoms with Crippen molar-refractivity contribution in [3.8, 4) is 11.8 Å². The van der Waals surface area contributed by atoms with Gasteiger partial charge in [0.05, 0.1) is 6.07 Å². The molecule has 0 amide bonds. The van der Waals surface area contributed by atoms with Gasteiger partial charge in [0.15, 0.2) is 0 Å². The monoisotopic (exact) mass is 378 g/mol. The lowest BCUT2D eigenvalue weighted by Crippen LogP contribution is -2.27. The average molecular weight is 378 g/mol. The Labute approximate surface area is 170 Å². The Balaban J connectivity index is 1.77. The number of nitriles is 1. The number of phenols is 1. The van der Waals surface area contributed by atoms with Gasteiger partial charge in [-0.15, -0.1) is 0 Å². The van der Waals surface area contributed by atoms with Crippen molar-refractivity contribution in [2.75, 3.05) is 0 Å². The van der Waals surface area contributed by atoms with E-state index in [4.69, 9.17) is 0 Å². The van der Waals surface area contributed by atoms with Crippen molar-refractivity contribution in [2.45, 2.75) is 31.6 Å². The van der Waals surface area contributed by atoms with E-state index in [0.717, 1.165) is 40.6 Å². The van der Waals surface area contributed by atoms with Crippen molar-refractivity contribution >= 4 is 10.9 Å². The third-order valence-corrected chi connectivity index (χ3v) is 6.23. The maximum absolute atomic E-state index is 10.5. The van der Waals surface area contributed by atoms with E-state index in [0.29, 0.717) is 0 Å². The van der Waals surface area contributed by atoms with Crippen LogP contribution in [0.15, 0.2) is 66.7 Å². The number of H-pyrrole nitrogens is 1. The summed E-state index contributed by atoms with van der Waals surface area (Å²) >= 11 is 0. The summed E-state index contributed by atoms with van der Waals surface area (Å²) in [4.78, 5) is 3.58. The lowest BCUT2D eigenvalue weighted by Gasteiger charge is -2.29. The minimum absolute atomic E-state index is 0.195. The molecule has 4 aromatic rings. The third kappa shape index (κ3) is 2.64. The highest BCUT2D eigenvalue weighted by atomic mass is 16.3. The number of nitrogens with zero attached hydrogens (tertiary/aromatic N) is 1. The molecule has 0 radical (unpaired) electrons. The highest BCUT2D eigenvalue weighted by Crippen LogP contribution is 2.41. The third-order valence-electron chi connectivity index (χ3n) is 6.23. The molecule has 0 spiro atoms. The first kappa shape index (κ1) is 17.6. The summed E-state index contributed by atoms with van der Waals surface area (Å²) in [5.74, 6) is 0.195. The second-order valence-corrected chi connectivity index (χ2v) is 7.97. The van der Waals surface area contributed by atoms with Gasteiger partial charge in [0.1, 0.15) is 11.2 Å². The van der Waals surface area contributed by atoms with Crippen LogP contribution in [0, 0.1) is 18.3 Å². The number of nitrogens with one attached hydrogen (secondary N) is 1. The Hall–Kier alpha value is -3.51. The second-order valence-electron chi connectivity index (χ2n) is 7.97. The molecule has 3 nitrogen and oxygen atoms in total. The quantitative estimate of drug-likeness (QED) is 0.461. The zero-order valence-electron chi connectivity index (χ0n) is 16.4. The van der Waals surface area contributed by atoms with Crippen LogP contribution >= 0.6 is 0 Å². The van der Waals surface area contributed by atoms with Gasteiger partial charge in [-0.05, 0) is 66.6 Å². The highest BCUT2D eigenvalue weighted by molar-refractivity contribution is 5.86. The number of fused-ring (bicyclic) bond motifs is 3. The molecule has 1 aliphatic carbocycles. The van der Waals surface area contributed by atoms with Crippen LogP contribution in [0.2, 0.25) is 0 Å². The number of aryl methyl sites for hydroxylation is 3. The van der Waals surface area contributed by atoms with E-state index in [1.165, 1.54) is 23.1 Å². The fourth-order valence-corrected chi connectivity index (χ4v) is 4.69. The van der Waals surface area contributed by atoms with E-state index in [-0.39, 0.29) is 5.75 Å². The van der Waals surface area contributed by atoms with Crippen LogP contribution in [0.25, 0.3) is 10.9 Å². The Morgan fingerprint density at radius 2 is 1.55 bits per heavy atom. The van der Waals surface area contributed by atoms with Gasteiger partial charge in [-0.1, -0.05) is 54.1 Å². The van der Waals surface area contributed by atoms with E-state index < -0.39 is 5.41 Å². The standard InChI is InChI=1S/C26H22N2O/c1-17-5-7-18(8-6-17)26(16-27,19-9-12-21(29)13-10-19)20-11-14-23-22-3-2-4-24(22)28-25(23)15-20/h5-15,28-29H,2-4H2,1H3. The van der Waals surface area contributed by atoms with Gasteiger partial charge in [0.2, 0.25) is 0 Å². The fourth-order valence-electron chi connectivity index (χ4n) is 4.69. The van der Waals surface area contributed by atoms with Crippen LogP contribution in [0.4, 0.5) is 0 Å². The largest absolute Gasteiger partial charge is 0.508 e. The molecule has 1 heterocycles. The Morgan fingerprint density at radius 1 is 0.897 bits per heavy atom. The Bertz CT molecular complexity index is 1200. The summed E-state index contributed by atoms with van der Waals surface area (Å²) in [5.41, 5.74) is 6.76. The summed E-state index contributed by atoms with van der Waals surface area (Å²) in [6, 6.07) is 24.1. The number of phenolic OH excluding ortho intramolecular Hbond substituents is 1. The molecule has 0 bridgehead atoms. The molecule has 0 aliphatic heterocycles. The van der Waals surface area contributed by atoms with Crippen molar-refractivity contribution in [1.29, 1.82) is 5.26 Å². The molecule has 1 unspecified atom stereocenters. The van der Waals surface area contributed by atoms with Crippen molar-refractivity contribution in [1.82, 2.24) is 4.98 Å². The topological polar surface area (TPSA) is 59.8 Å². The molecular formula is C26H22N2O. The zero-order chi connectivity index (χ0) is 20.0. The SMILES string of the molecule is Cc1ccc(C(C#N)(c2ccc(O)cc2)c2ccc3c4c([nH]c3c2)CCC4)cc1. The molecule has 2 N–H and O–H groups in total. The number of rotatable bonds is 3. The number of hydrogen-bond donors (Lipinski definition) is 2. The lowest BCUT2D eigenvalue weighted by atomic mass is 9.70. The lowest BCUT2D eigenvalue weighted by molar-refractivity contribution is 0.475. The first-order chi connectivity index (χ1) is 14.1. The predicted molar refractivity (Wildman–Crippen MR) is 115 cm³/mol. The van der Waals surface area contributed by atoms with Crippen LogP contribution in [0.3, 0.4) is 0 Å². The molecule has 0 fully saturated rings. The molecule has 1 aliphatic rings. The first-order valence-corrected chi connectivity index (χ1v) is 10.0. The van der Waals surface area contributed by atoms with Crippen molar-refractivity contribution in [2.24, 2.45) is 0 Å². The van der Waals surface area contributed by atoms with E-state index in [9.17, 15) is 10.4 Å². The van der Waals surface area contributed by atoms with Gasteiger partial charge in [-0.2, -0.15) is 5.26 Å². The van der Waals surface area contributed by atoms with E-state index in [2.05, 4.69) is 29.3 Å². The molecule has 1 atom stereocenters. The van der Waals surface area contributed by atoms with Crippen LogP contribution in [-0.4, -0.2) is 10.1 Å². The molecule has 1 aromatic heterocycles. The Morgan fingerprint density at radius 3 is 2.24 bits per heavy atom. The predicted octanol–water partition coefficient (Wildman–Crippen LogP) is 5.53. The molecule has 5 rings (SSSR count). The average Bonchev–Trinajstić information content (AvgIpc) is 3.32. The van der Waals surface area contributed by atoms with E-state index in [1.807, 2.05) is 43.3 Å². The van der Waals surface area contributed by atoms with Gasteiger partial charge in [0, 0.05) is 16.6 Å². The van der Waals surface area contributed by atoms with Crippen LogP contribution in [-0.2, 0) is 18.3 Å². The van der Waals surface area contributed by atoms with Crippen LogP contribution in [0.5, 0.6) is 5.75 Å². The number of aromatic amines is 1. The van der Waals surface area contributed by atoms with Crippen molar-refractivity contribution in [3.63, 3.8) is 0 Å². The summed E-state index contributed by atoms with van der Waals surface area (Å²) in [6.45, 7) is 2.05. The summed E-state index contributed by atoms with van der Waals surface area (Å²) in [7, 11) is 0. The minimum Gasteiger partial charge on any atom is -0.508 e. The highest BCUT2D eigenvalue weighted by Gasteiger charge is 2.37. The number of benzene rings is 3. The van der Waals surface area contributed by atoms with E-state index >= 15 is 0 Å². The fraction of sp³-hybridized carbons (Fsp3) is 0.192. The normalized spacial score (nSPS) is 15.0. The number of aromatic hydroxyl groups is 1. The van der Waals surface area contributed by atoms with Crippen molar-refractivity contribution < 1.29 is 5.11 Å². The molecule has 3 aromatic carbocycles. The summed E-state index contributed by atoms with van der Waals surface area (Å²) in [5, 5.41) is 21.6. The Kier molecular flexibility index (Phi) is 3.96. The molecule has 142 valence electrons. The molecule has 29 heavy (non-hydrogen) atoms. The van der Waals surface area contributed by atoms with Crippen molar-refractivity contribution in [3.05, 3.63) is 100 Å². The maximum atomic E-state index is 10.5. The summed E-state index contributed by atoms with van der Waals surface area (Å²) < 4.78 is 0. The van der Waals surface area contributed by atoms with Gasteiger partial charge in [-0.25, -0.2) is 0 Å².